The molecule has 18 heavy (non-hydrogen) atoms. The second-order valence-corrected chi connectivity index (χ2v) is 5.19. The van der Waals surface area contributed by atoms with Crippen LogP contribution in [0.15, 0.2) is 5.38 Å². The van der Waals surface area contributed by atoms with Gasteiger partial charge in [0.25, 0.3) is 0 Å². The molecule has 0 aliphatic heterocycles. The van der Waals surface area contributed by atoms with Gasteiger partial charge in [0.05, 0.1) is 23.9 Å². The fraction of sp³-hybridized carbons (Fsp3) is 0.769. The summed E-state index contributed by atoms with van der Waals surface area (Å²) in [5.74, 6) is 0. The predicted molar refractivity (Wildman–Crippen MR) is 75.1 cm³/mol. The van der Waals surface area contributed by atoms with Crippen LogP contribution in [0.5, 0.6) is 0 Å². The average Bonchev–Trinajstić information content (AvgIpc) is 2.80. The molecule has 1 rings (SSSR count). The van der Waals surface area contributed by atoms with Crippen molar-refractivity contribution < 1.29 is 9.47 Å². The number of hydrogen-bond donors (Lipinski definition) is 0. The molecule has 0 spiro atoms. The lowest BCUT2D eigenvalue weighted by atomic mass is 10.3. The summed E-state index contributed by atoms with van der Waals surface area (Å²) in [5.41, 5.74) is 1.16. The summed E-state index contributed by atoms with van der Waals surface area (Å²) in [5, 5.41) is 3.41. The van der Waals surface area contributed by atoms with Crippen LogP contribution in [0.25, 0.3) is 0 Å². The Bertz CT molecular complexity index is 310. The normalized spacial score (nSPS) is 11.3. The minimum absolute atomic E-state index is 0.746. The van der Waals surface area contributed by atoms with Crippen LogP contribution < -0.4 is 0 Å². The second kappa shape index (κ2) is 9.44. The van der Waals surface area contributed by atoms with Crippen molar-refractivity contribution in [3.63, 3.8) is 0 Å². The van der Waals surface area contributed by atoms with E-state index in [2.05, 4.69) is 22.2 Å². The zero-order valence-electron chi connectivity index (χ0n) is 11.6. The van der Waals surface area contributed by atoms with Gasteiger partial charge in [-0.2, -0.15) is 0 Å². The van der Waals surface area contributed by atoms with Crippen LogP contribution in [-0.2, 0) is 22.4 Å². The zero-order chi connectivity index (χ0) is 13.2. The highest BCUT2D eigenvalue weighted by molar-refractivity contribution is 7.09. The second-order valence-electron chi connectivity index (χ2n) is 4.24. The first-order chi connectivity index (χ1) is 8.80. The molecule has 1 aromatic heterocycles. The zero-order valence-corrected chi connectivity index (χ0v) is 12.5. The highest BCUT2D eigenvalue weighted by Gasteiger charge is 2.08. The van der Waals surface area contributed by atoms with Crippen molar-refractivity contribution in [2.45, 2.75) is 26.3 Å². The number of methoxy groups -OCH3 is 2. The van der Waals surface area contributed by atoms with E-state index in [0.29, 0.717) is 0 Å². The molecule has 0 aliphatic carbocycles. The molecule has 4 nitrogen and oxygen atoms in total. The smallest absolute Gasteiger partial charge is 0.0928 e. The average molecular weight is 272 g/mol. The quantitative estimate of drug-likeness (QED) is 0.654. The maximum atomic E-state index is 5.13. The van der Waals surface area contributed by atoms with Gasteiger partial charge in [-0.25, -0.2) is 4.98 Å². The Labute approximate surface area is 114 Å². The topological polar surface area (TPSA) is 34.6 Å². The summed E-state index contributed by atoms with van der Waals surface area (Å²) < 4.78 is 10.3. The molecule has 0 aliphatic rings. The van der Waals surface area contributed by atoms with Crippen molar-refractivity contribution in [3.8, 4) is 0 Å². The van der Waals surface area contributed by atoms with E-state index in [1.807, 2.05) is 0 Å². The van der Waals surface area contributed by atoms with Crippen LogP contribution in [0.4, 0.5) is 0 Å². The van der Waals surface area contributed by atoms with Crippen LogP contribution in [0.2, 0.25) is 0 Å². The summed E-state index contributed by atoms with van der Waals surface area (Å²) in [6, 6.07) is 0. The van der Waals surface area contributed by atoms with E-state index in [9.17, 15) is 0 Å². The number of aryl methyl sites for hydroxylation is 1. The van der Waals surface area contributed by atoms with E-state index in [4.69, 9.17) is 9.47 Å². The minimum atomic E-state index is 0.746. The fourth-order valence-electron chi connectivity index (χ4n) is 1.69. The molecule has 104 valence electrons. The van der Waals surface area contributed by atoms with Gasteiger partial charge in [-0.05, 0) is 12.8 Å². The largest absolute Gasteiger partial charge is 0.383 e. The standard InChI is InChI=1S/C13H24N2O2S/c1-4-5-13-14-12(11-18-13)10-15(6-8-16-2)7-9-17-3/h11H,4-10H2,1-3H3. The van der Waals surface area contributed by atoms with Gasteiger partial charge in [0.2, 0.25) is 0 Å². The van der Waals surface area contributed by atoms with Crippen molar-refractivity contribution in [3.05, 3.63) is 16.1 Å². The van der Waals surface area contributed by atoms with Crippen molar-refractivity contribution in [1.82, 2.24) is 9.88 Å². The Kier molecular flexibility index (Phi) is 8.17. The molecule has 0 unspecified atom stereocenters. The Morgan fingerprint density at radius 1 is 1.22 bits per heavy atom. The number of hydrogen-bond acceptors (Lipinski definition) is 5. The van der Waals surface area contributed by atoms with Crippen molar-refractivity contribution in [1.29, 1.82) is 0 Å². The van der Waals surface area contributed by atoms with Gasteiger partial charge in [-0.1, -0.05) is 6.92 Å². The number of ether oxygens (including phenoxy) is 2. The van der Waals surface area contributed by atoms with Gasteiger partial charge in [0.1, 0.15) is 0 Å². The molecule has 1 aromatic rings. The van der Waals surface area contributed by atoms with E-state index in [1.54, 1.807) is 25.6 Å². The number of thiazole rings is 1. The van der Waals surface area contributed by atoms with E-state index < -0.39 is 0 Å². The van der Waals surface area contributed by atoms with Gasteiger partial charge >= 0.3 is 0 Å². The summed E-state index contributed by atoms with van der Waals surface area (Å²) in [6.45, 7) is 6.39. The summed E-state index contributed by atoms with van der Waals surface area (Å²) in [6.07, 6.45) is 2.24. The molecule has 0 fully saturated rings. The van der Waals surface area contributed by atoms with Crippen LogP contribution in [-0.4, -0.2) is 50.4 Å². The van der Waals surface area contributed by atoms with E-state index in [-0.39, 0.29) is 0 Å². The number of rotatable bonds is 10. The Hall–Kier alpha value is -0.490. The molecule has 0 aromatic carbocycles. The van der Waals surface area contributed by atoms with Crippen LogP contribution in [0.3, 0.4) is 0 Å². The summed E-state index contributed by atoms with van der Waals surface area (Å²) in [4.78, 5) is 6.97. The Morgan fingerprint density at radius 3 is 2.44 bits per heavy atom. The lowest BCUT2D eigenvalue weighted by Crippen LogP contribution is -2.30. The molecular weight excluding hydrogens is 248 g/mol. The monoisotopic (exact) mass is 272 g/mol. The van der Waals surface area contributed by atoms with Gasteiger partial charge in [0, 0.05) is 39.2 Å². The maximum Gasteiger partial charge on any atom is 0.0928 e. The Morgan fingerprint density at radius 2 is 1.89 bits per heavy atom. The first-order valence-electron chi connectivity index (χ1n) is 6.43. The first-order valence-corrected chi connectivity index (χ1v) is 7.31. The molecule has 0 radical (unpaired) electrons. The summed E-state index contributed by atoms with van der Waals surface area (Å²) >= 11 is 1.76. The molecule has 1 heterocycles. The third kappa shape index (κ3) is 5.91. The lowest BCUT2D eigenvalue weighted by Gasteiger charge is -2.20. The maximum absolute atomic E-state index is 5.13. The van der Waals surface area contributed by atoms with E-state index in [0.717, 1.165) is 51.4 Å². The lowest BCUT2D eigenvalue weighted by molar-refractivity contribution is 0.109. The molecule has 0 N–H and O–H groups in total. The van der Waals surface area contributed by atoms with Gasteiger partial charge < -0.3 is 9.47 Å². The molecule has 0 atom stereocenters. The molecule has 0 saturated heterocycles. The third-order valence-electron chi connectivity index (χ3n) is 2.67. The van der Waals surface area contributed by atoms with Gasteiger partial charge in [0.15, 0.2) is 0 Å². The number of nitrogens with zero attached hydrogens (tertiary/aromatic N) is 2. The molecular formula is C13H24N2O2S. The van der Waals surface area contributed by atoms with Crippen molar-refractivity contribution in [2.75, 3.05) is 40.5 Å². The molecule has 5 heteroatoms. The van der Waals surface area contributed by atoms with E-state index in [1.165, 1.54) is 5.01 Å². The van der Waals surface area contributed by atoms with Crippen LogP contribution in [0.1, 0.15) is 24.0 Å². The van der Waals surface area contributed by atoms with Crippen LogP contribution in [0, 0.1) is 0 Å². The van der Waals surface area contributed by atoms with Gasteiger partial charge in [-0.15, -0.1) is 11.3 Å². The SMILES string of the molecule is CCCc1nc(CN(CCOC)CCOC)cs1. The third-order valence-corrected chi connectivity index (χ3v) is 3.63. The Balaban J connectivity index is 2.46. The summed E-state index contributed by atoms with van der Waals surface area (Å²) in [7, 11) is 3.47. The first kappa shape index (κ1) is 15.6. The van der Waals surface area contributed by atoms with Crippen molar-refractivity contribution in [2.24, 2.45) is 0 Å². The molecule has 0 saturated carbocycles. The number of aromatic nitrogens is 1. The fourth-order valence-corrected chi connectivity index (χ4v) is 2.58. The minimum Gasteiger partial charge on any atom is -0.383 e. The van der Waals surface area contributed by atoms with Crippen LogP contribution >= 0.6 is 11.3 Å². The molecule has 0 amide bonds. The highest BCUT2D eigenvalue weighted by atomic mass is 32.1. The molecule has 0 bridgehead atoms. The van der Waals surface area contributed by atoms with Crippen molar-refractivity contribution >= 4 is 11.3 Å². The van der Waals surface area contributed by atoms with E-state index >= 15 is 0 Å². The highest BCUT2D eigenvalue weighted by Crippen LogP contribution is 2.13. The van der Waals surface area contributed by atoms with Gasteiger partial charge in [-0.3, -0.25) is 4.90 Å². The predicted octanol–water partition coefficient (Wildman–Crippen LogP) is 2.19.